The minimum absolute atomic E-state index is 0.859. The van der Waals surface area contributed by atoms with E-state index in [9.17, 15) is 0 Å². The number of thiazole rings is 2. The van der Waals surface area contributed by atoms with Gasteiger partial charge in [0.25, 0.3) is 0 Å². The summed E-state index contributed by atoms with van der Waals surface area (Å²) in [6.45, 7) is 0. The molecule has 0 atom stereocenters. The zero-order valence-electron chi connectivity index (χ0n) is 12.4. The molecule has 0 bridgehead atoms. The lowest BCUT2D eigenvalue weighted by Crippen LogP contribution is -1.81. The van der Waals surface area contributed by atoms with E-state index in [-0.39, 0.29) is 0 Å². The van der Waals surface area contributed by atoms with Gasteiger partial charge in [0.1, 0.15) is 11.5 Å². The lowest BCUT2D eigenvalue weighted by atomic mass is 10.3. The number of aromatic nitrogens is 2. The molecular weight excluding hydrogens is 348 g/mol. The summed E-state index contributed by atoms with van der Waals surface area (Å²) in [5.74, 6) is 1.72. The summed E-state index contributed by atoms with van der Waals surface area (Å²) < 4.78 is 14.9. The Labute approximate surface area is 145 Å². The van der Waals surface area contributed by atoms with Crippen molar-refractivity contribution in [3.05, 3.63) is 36.4 Å². The molecule has 0 aliphatic rings. The van der Waals surface area contributed by atoms with Gasteiger partial charge in [-0.15, -0.1) is 22.7 Å². The third-order valence-corrected chi connectivity index (χ3v) is 6.63. The molecule has 4 aromatic rings. The van der Waals surface area contributed by atoms with Crippen LogP contribution in [0.5, 0.6) is 11.5 Å². The van der Waals surface area contributed by atoms with E-state index >= 15 is 0 Å². The summed E-state index contributed by atoms with van der Waals surface area (Å²) in [6, 6.07) is 11.8. The van der Waals surface area contributed by atoms with Gasteiger partial charge in [0, 0.05) is 0 Å². The van der Waals surface area contributed by atoms with Gasteiger partial charge in [-0.05, 0) is 36.0 Å². The van der Waals surface area contributed by atoms with Gasteiger partial charge in [-0.3, -0.25) is 0 Å². The predicted molar refractivity (Wildman–Crippen MR) is 96.5 cm³/mol. The Balaban J connectivity index is 1.73. The largest absolute Gasteiger partial charge is 0.495 e. The van der Waals surface area contributed by atoms with Crippen LogP contribution in [0.2, 0.25) is 0 Å². The molecule has 0 saturated heterocycles. The Hall–Kier alpha value is -1.83. The van der Waals surface area contributed by atoms with Gasteiger partial charge >= 0.3 is 0 Å². The predicted octanol–water partition coefficient (Wildman–Crippen LogP) is 5.07. The second kappa shape index (κ2) is 5.99. The number of fused-ring (bicyclic) bond motifs is 2. The molecule has 0 spiro atoms. The topological polar surface area (TPSA) is 44.2 Å². The summed E-state index contributed by atoms with van der Waals surface area (Å²) in [5.41, 5.74) is 1.91. The molecule has 0 fully saturated rings. The van der Waals surface area contributed by atoms with Gasteiger partial charge in [-0.25, -0.2) is 9.97 Å². The molecular formula is C16H12N2O2S3. The average Bonchev–Trinajstić information content (AvgIpc) is 3.16. The molecule has 0 aliphatic heterocycles. The first kappa shape index (κ1) is 14.7. The molecule has 0 saturated carbocycles. The molecule has 0 aliphatic carbocycles. The van der Waals surface area contributed by atoms with Crippen LogP contribution in [-0.2, 0) is 0 Å². The smallest absolute Gasteiger partial charge is 0.158 e. The van der Waals surface area contributed by atoms with Gasteiger partial charge in [0.15, 0.2) is 8.68 Å². The summed E-state index contributed by atoms with van der Waals surface area (Å²) in [6.07, 6.45) is 0. The molecule has 4 rings (SSSR count). The van der Waals surface area contributed by atoms with Crippen molar-refractivity contribution in [3.8, 4) is 11.5 Å². The van der Waals surface area contributed by atoms with Crippen molar-refractivity contribution in [2.45, 2.75) is 8.68 Å². The average molecular weight is 360 g/mol. The normalized spacial score (nSPS) is 11.2. The fourth-order valence-corrected chi connectivity index (χ4v) is 5.77. The highest BCUT2D eigenvalue weighted by atomic mass is 32.2. The van der Waals surface area contributed by atoms with E-state index in [1.165, 1.54) is 0 Å². The fraction of sp³-hybridized carbons (Fsp3) is 0.125. The first-order chi connectivity index (χ1) is 11.3. The van der Waals surface area contributed by atoms with E-state index in [4.69, 9.17) is 9.47 Å². The van der Waals surface area contributed by atoms with Gasteiger partial charge in [-0.2, -0.15) is 0 Å². The highest BCUT2D eigenvalue weighted by molar-refractivity contribution is 8.02. The highest BCUT2D eigenvalue weighted by Crippen LogP contribution is 2.42. The van der Waals surface area contributed by atoms with E-state index < -0.39 is 0 Å². The quantitative estimate of drug-likeness (QED) is 0.508. The first-order valence-corrected chi connectivity index (χ1v) is 9.28. The van der Waals surface area contributed by atoms with E-state index in [0.717, 1.165) is 40.6 Å². The maximum absolute atomic E-state index is 5.40. The maximum Gasteiger partial charge on any atom is 0.158 e. The zero-order chi connectivity index (χ0) is 15.8. The van der Waals surface area contributed by atoms with E-state index in [1.807, 2.05) is 36.4 Å². The van der Waals surface area contributed by atoms with Crippen LogP contribution in [0.4, 0.5) is 0 Å². The van der Waals surface area contributed by atoms with Crippen molar-refractivity contribution in [2.24, 2.45) is 0 Å². The molecule has 2 heterocycles. The third kappa shape index (κ3) is 2.65. The van der Waals surface area contributed by atoms with Crippen LogP contribution in [-0.4, -0.2) is 24.2 Å². The number of rotatable bonds is 4. The Morgan fingerprint density at radius 3 is 1.70 bits per heavy atom. The second-order valence-electron chi connectivity index (χ2n) is 4.68. The second-order valence-corrected chi connectivity index (χ2v) is 8.17. The van der Waals surface area contributed by atoms with Gasteiger partial charge in [-0.1, -0.05) is 12.1 Å². The van der Waals surface area contributed by atoms with Crippen LogP contribution in [0, 0.1) is 0 Å². The van der Waals surface area contributed by atoms with Crippen LogP contribution >= 0.6 is 34.4 Å². The standard InChI is InChI=1S/C16H12N2O2S3/c1-19-11-7-3-5-9-13(11)21-15(17-9)23-16-18-10-6-4-8-12(20-2)14(10)22-16/h3-8H,1-2H3. The molecule has 0 amide bonds. The monoisotopic (exact) mass is 360 g/mol. The third-order valence-electron chi connectivity index (χ3n) is 3.33. The Bertz CT molecular complexity index is 913. The van der Waals surface area contributed by atoms with Crippen molar-refractivity contribution in [3.63, 3.8) is 0 Å². The summed E-state index contributed by atoms with van der Waals surface area (Å²) in [4.78, 5) is 9.33. The van der Waals surface area contributed by atoms with Crippen LogP contribution < -0.4 is 9.47 Å². The van der Waals surface area contributed by atoms with Crippen molar-refractivity contribution in [1.82, 2.24) is 9.97 Å². The summed E-state index contributed by atoms with van der Waals surface area (Å²) in [7, 11) is 3.36. The van der Waals surface area contributed by atoms with E-state index in [0.29, 0.717) is 0 Å². The minimum atomic E-state index is 0.859. The lowest BCUT2D eigenvalue weighted by molar-refractivity contribution is 0.420. The Kier molecular flexibility index (Phi) is 3.84. The van der Waals surface area contributed by atoms with Gasteiger partial charge < -0.3 is 9.47 Å². The summed E-state index contributed by atoms with van der Waals surface area (Å²) >= 11 is 4.83. The molecule has 116 valence electrons. The van der Waals surface area contributed by atoms with E-state index in [1.54, 1.807) is 48.7 Å². The molecule has 0 N–H and O–H groups in total. The maximum atomic E-state index is 5.40. The zero-order valence-corrected chi connectivity index (χ0v) is 14.8. The molecule has 2 aromatic heterocycles. The van der Waals surface area contributed by atoms with Crippen LogP contribution in [0.1, 0.15) is 0 Å². The lowest BCUT2D eigenvalue weighted by Gasteiger charge is -1.97. The van der Waals surface area contributed by atoms with Crippen molar-refractivity contribution >= 4 is 54.9 Å². The highest BCUT2D eigenvalue weighted by Gasteiger charge is 2.13. The van der Waals surface area contributed by atoms with E-state index in [2.05, 4.69) is 9.97 Å². The number of methoxy groups -OCH3 is 2. The van der Waals surface area contributed by atoms with Crippen LogP contribution in [0.3, 0.4) is 0 Å². The number of hydrogen-bond acceptors (Lipinski definition) is 7. The molecule has 7 heteroatoms. The van der Waals surface area contributed by atoms with Gasteiger partial charge in [0.2, 0.25) is 0 Å². The van der Waals surface area contributed by atoms with Crippen molar-refractivity contribution in [1.29, 1.82) is 0 Å². The fourth-order valence-electron chi connectivity index (χ4n) is 2.29. The SMILES string of the molecule is COc1cccc2nc(Sc3nc4cccc(OC)c4s3)sc12. The number of hydrogen-bond donors (Lipinski definition) is 0. The number of nitrogens with zero attached hydrogens (tertiary/aromatic N) is 2. The van der Waals surface area contributed by atoms with Crippen molar-refractivity contribution in [2.75, 3.05) is 14.2 Å². The molecule has 2 aromatic carbocycles. The molecule has 4 nitrogen and oxygen atoms in total. The van der Waals surface area contributed by atoms with Gasteiger partial charge in [0.05, 0.1) is 34.7 Å². The van der Waals surface area contributed by atoms with Crippen molar-refractivity contribution < 1.29 is 9.47 Å². The molecule has 0 unspecified atom stereocenters. The number of ether oxygens (including phenoxy) is 2. The Morgan fingerprint density at radius 1 is 0.783 bits per heavy atom. The van der Waals surface area contributed by atoms with Crippen LogP contribution in [0.25, 0.3) is 20.4 Å². The molecule has 23 heavy (non-hydrogen) atoms. The first-order valence-electron chi connectivity index (χ1n) is 6.83. The van der Waals surface area contributed by atoms with Crippen LogP contribution in [0.15, 0.2) is 45.1 Å². The Morgan fingerprint density at radius 2 is 1.26 bits per heavy atom. The summed E-state index contributed by atoms with van der Waals surface area (Å²) in [5, 5.41) is 0. The number of benzene rings is 2. The minimum Gasteiger partial charge on any atom is -0.495 e. The molecule has 0 radical (unpaired) electrons.